The number of rotatable bonds is 23. The average molecular weight is 480 g/mol. The van der Waals surface area contributed by atoms with Gasteiger partial charge in [0.25, 0.3) is 0 Å². The van der Waals surface area contributed by atoms with Crippen LogP contribution in [0.25, 0.3) is 0 Å². The van der Waals surface area contributed by atoms with Crippen LogP contribution in [0.4, 0.5) is 0 Å². The molecule has 2 heteroatoms. The van der Waals surface area contributed by atoms with Gasteiger partial charge in [0.1, 0.15) is 0 Å². The fourth-order valence-corrected chi connectivity index (χ4v) is 4.89. The molecule has 1 rings (SSSR count). The van der Waals surface area contributed by atoms with Gasteiger partial charge in [-0.2, -0.15) is 0 Å². The van der Waals surface area contributed by atoms with E-state index in [0.717, 1.165) is 0 Å². The van der Waals surface area contributed by atoms with E-state index in [4.69, 9.17) is 0 Å². The van der Waals surface area contributed by atoms with E-state index in [0.29, 0.717) is 6.04 Å². The Bertz CT molecular complexity index is 487. The Morgan fingerprint density at radius 2 is 0.909 bits per heavy atom. The van der Waals surface area contributed by atoms with Crippen LogP contribution in [-0.2, 0) is 6.42 Å². The van der Waals surface area contributed by atoms with Crippen LogP contribution in [-0.4, -0.2) is 25.0 Å². The van der Waals surface area contributed by atoms with Gasteiger partial charge >= 0.3 is 0 Å². The van der Waals surface area contributed by atoms with Gasteiger partial charge in [-0.3, -0.25) is 0 Å². The number of hydrogen-bond donors (Lipinski definition) is 0. The third-order valence-electron chi connectivity index (χ3n) is 7.19. The molecule has 0 spiro atoms. The molecule has 33 heavy (non-hydrogen) atoms. The summed E-state index contributed by atoms with van der Waals surface area (Å²) in [5.41, 5.74) is 1.48. The number of nitrogens with zero attached hydrogens (tertiary/aromatic N) is 1. The monoisotopic (exact) mass is 479 g/mol. The molecule has 194 valence electrons. The van der Waals surface area contributed by atoms with Crippen molar-refractivity contribution in [2.75, 3.05) is 14.1 Å². The normalized spacial score (nSPS) is 12.1. The number of unbranched alkanes of at least 4 members (excludes halogenated alkanes) is 18. The summed E-state index contributed by atoms with van der Waals surface area (Å²) in [7, 11) is 4.48. The smallest absolute Gasteiger partial charge is 0.0130 e. The Kier molecular flexibility index (Phi) is 24.2. The Morgan fingerprint density at radius 3 is 1.27 bits per heavy atom. The van der Waals surface area contributed by atoms with E-state index in [1.807, 2.05) is 0 Å². The second-order valence-electron chi connectivity index (χ2n) is 10.5. The average Bonchev–Trinajstić information content (AvgIpc) is 2.80. The zero-order valence-corrected chi connectivity index (χ0v) is 23.5. The van der Waals surface area contributed by atoms with Gasteiger partial charge in [-0.15, -0.1) is 12.4 Å². The number of benzene rings is 1. The topological polar surface area (TPSA) is 3.24 Å². The Hall–Kier alpha value is -0.530. The molecule has 1 nitrogen and oxygen atoms in total. The molecule has 0 aromatic heterocycles. The fraction of sp³-hybridized carbons (Fsp3) is 0.806. The van der Waals surface area contributed by atoms with E-state index in [1.54, 1.807) is 0 Å². The summed E-state index contributed by atoms with van der Waals surface area (Å²) in [4.78, 5) is 2.42. The van der Waals surface area contributed by atoms with E-state index in [2.05, 4.69) is 56.3 Å². The van der Waals surface area contributed by atoms with Crippen molar-refractivity contribution in [1.29, 1.82) is 0 Å². The van der Waals surface area contributed by atoms with E-state index in [-0.39, 0.29) is 12.4 Å². The van der Waals surface area contributed by atoms with Crippen LogP contribution in [0.15, 0.2) is 30.3 Å². The van der Waals surface area contributed by atoms with Gasteiger partial charge in [0, 0.05) is 6.04 Å². The van der Waals surface area contributed by atoms with Crippen molar-refractivity contribution in [1.82, 2.24) is 4.90 Å². The molecule has 0 fully saturated rings. The Balaban J connectivity index is 0.0000102. The third-order valence-corrected chi connectivity index (χ3v) is 7.19. The lowest BCUT2D eigenvalue weighted by Crippen LogP contribution is -2.30. The SMILES string of the molecule is CCCCCCCCCCCCCCCCCCCCCC(Cc1ccccc1)N(C)C.Cl. The van der Waals surface area contributed by atoms with Crippen molar-refractivity contribution in [3.05, 3.63) is 35.9 Å². The van der Waals surface area contributed by atoms with Crippen LogP contribution >= 0.6 is 12.4 Å². The summed E-state index contributed by atoms with van der Waals surface area (Å²) in [5.74, 6) is 0. The highest BCUT2D eigenvalue weighted by Crippen LogP contribution is 2.17. The van der Waals surface area contributed by atoms with E-state index in [9.17, 15) is 0 Å². The number of hydrogen-bond acceptors (Lipinski definition) is 1. The van der Waals surface area contributed by atoms with Crippen LogP contribution in [0.3, 0.4) is 0 Å². The van der Waals surface area contributed by atoms with Crippen molar-refractivity contribution < 1.29 is 0 Å². The van der Waals surface area contributed by atoms with E-state index in [1.165, 1.54) is 140 Å². The maximum Gasteiger partial charge on any atom is 0.0130 e. The lowest BCUT2D eigenvalue weighted by atomic mass is 9.98. The molecule has 0 saturated carbocycles. The highest BCUT2D eigenvalue weighted by Gasteiger charge is 2.11. The Morgan fingerprint density at radius 1 is 0.545 bits per heavy atom. The molecular weight excluding hydrogens is 422 g/mol. The second kappa shape index (κ2) is 24.6. The molecule has 0 aliphatic carbocycles. The first-order chi connectivity index (χ1) is 15.7. The van der Waals surface area contributed by atoms with Crippen LogP contribution in [0.5, 0.6) is 0 Å². The highest BCUT2D eigenvalue weighted by atomic mass is 35.5. The molecule has 1 aromatic carbocycles. The first kappa shape index (κ1) is 32.5. The van der Waals surface area contributed by atoms with Gasteiger partial charge < -0.3 is 4.90 Å². The van der Waals surface area contributed by atoms with Crippen molar-refractivity contribution in [3.63, 3.8) is 0 Å². The molecule has 0 aliphatic rings. The molecule has 0 N–H and O–H groups in total. The van der Waals surface area contributed by atoms with Crippen LogP contribution in [0.1, 0.15) is 141 Å². The van der Waals surface area contributed by atoms with Gasteiger partial charge in [0.05, 0.1) is 0 Å². The quantitative estimate of drug-likeness (QED) is 0.141. The molecular formula is C31H58ClN. The molecule has 0 saturated heterocycles. The van der Waals surface area contributed by atoms with Gasteiger partial charge in [-0.05, 0) is 32.5 Å². The zero-order valence-electron chi connectivity index (χ0n) is 22.7. The minimum absolute atomic E-state index is 0. The summed E-state index contributed by atoms with van der Waals surface area (Å²) in [6.07, 6.45) is 30.2. The summed E-state index contributed by atoms with van der Waals surface area (Å²) in [6.45, 7) is 2.30. The lowest BCUT2D eigenvalue weighted by Gasteiger charge is -2.24. The maximum atomic E-state index is 2.42. The van der Waals surface area contributed by atoms with Crippen molar-refractivity contribution in [2.24, 2.45) is 0 Å². The van der Waals surface area contributed by atoms with Crippen LogP contribution in [0, 0.1) is 0 Å². The predicted molar refractivity (Wildman–Crippen MR) is 153 cm³/mol. The Labute approximate surface area is 214 Å². The largest absolute Gasteiger partial charge is 0.306 e. The molecule has 0 aliphatic heterocycles. The third kappa shape index (κ3) is 20.5. The minimum Gasteiger partial charge on any atom is -0.306 e. The molecule has 1 aromatic rings. The molecule has 0 amide bonds. The molecule has 0 radical (unpaired) electrons. The van der Waals surface area contributed by atoms with Gasteiger partial charge in [0.2, 0.25) is 0 Å². The highest BCUT2D eigenvalue weighted by molar-refractivity contribution is 5.85. The van der Waals surface area contributed by atoms with Crippen LogP contribution < -0.4 is 0 Å². The lowest BCUT2D eigenvalue weighted by molar-refractivity contribution is 0.269. The van der Waals surface area contributed by atoms with Crippen molar-refractivity contribution >= 4 is 12.4 Å². The van der Waals surface area contributed by atoms with Gasteiger partial charge in [-0.25, -0.2) is 0 Å². The first-order valence-corrected chi connectivity index (χ1v) is 14.4. The zero-order chi connectivity index (χ0) is 23.1. The first-order valence-electron chi connectivity index (χ1n) is 14.4. The van der Waals surface area contributed by atoms with E-state index < -0.39 is 0 Å². The fourth-order valence-electron chi connectivity index (χ4n) is 4.89. The van der Waals surface area contributed by atoms with Crippen LogP contribution in [0.2, 0.25) is 0 Å². The predicted octanol–water partition coefficient (Wildman–Crippen LogP) is 10.4. The number of likely N-dealkylation sites (N-methyl/N-ethyl adjacent to an activating group) is 1. The summed E-state index contributed by atoms with van der Waals surface area (Å²) in [5, 5.41) is 0. The van der Waals surface area contributed by atoms with E-state index >= 15 is 0 Å². The molecule has 0 bridgehead atoms. The van der Waals surface area contributed by atoms with Crippen molar-refractivity contribution in [3.8, 4) is 0 Å². The standard InChI is InChI=1S/C31H57N.ClH/c1-4-5-6-7-8-9-10-11-12-13-14-15-16-17-18-19-20-21-25-28-31(32(2)3)29-30-26-23-22-24-27-30;/h22-24,26-27,31H,4-21,25,28-29H2,1-3H3;1H. The maximum absolute atomic E-state index is 2.42. The summed E-state index contributed by atoms with van der Waals surface area (Å²) < 4.78 is 0. The van der Waals surface area contributed by atoms with Crippen molar-refractivity contribution in [2.45, 2.75) is 148 Å². The minimum atomic E-state index is 0. The van der Waals surface area contributed by atoms with Gasteiger partial charge in [-0.1, -0.05) is 159 Å². The second-order valence-corrected chi connectivity index (χ2v) is 10.5. The van der Waals surface area contributed by atoms with Gasteiger partial charge in [0.15, 0.2) is 0 Å². The summed E-state index contributed by atoms with van der Waals surface area (Å²) >= 11 is 0. The summed E-state index contributed by atoms with van der Waals surface area (Å²) in [6, 6.07) is 11.7. The molecule has 1 unspecified atom stereocenters. The molecule has 0 heterocycles. The molecule has 1 atom stereocenters. The number of halogens is 1.